The monoisotopic (exact) mass is 204 g/mol. The van der Waals surface area contributed by atoms with Gasteiger partial charge in [-0.05, 0) is 32.4 Å². The molecule has 0 unspecified atom stereocenters. The lowest BCUT2D eigenvalue weighted by molar-refractivity contribution is 0.300. The first-order valence-electron chi connectivity index (χ1n) is 4.91. The van der Waals surface area contributed by atoms with Gasteiger partial charge in [0.05, 0.1) is 5.25 Å². The summed E-state index contributed by atoms with van der Waals surface area (Å²) in [6.07, 6.45) is 2.59. The maximum absolute atomic E-state index is 11.9. The number of nitrogens with one attached hydrogen (secondary N) is 1. The Morgan fingerprint density at radius 3 is 2.23 bits per heavy atom. The van der Waals surface area contributed by atoms with Crippen molar-refractivity contribution in [3.63, 3.8) is 0 Å². The van der Waals surface area contributed by atoms with Gasteiger partial charge in [0.15, 0.2) is 0 Å². The second kappa shape index (κ2) is 3.55. The van der Waals surface area contributed by atoms with Crippen LogP contribution < -0.4 is 5.32 Å². The fourth-order valence-electron chi connectivity index (χ4n) is 1.85. The van der Waals surface area contributed by atoms with E-state index >= 15 is 0 Å². The number of nitrogens with zero attached hydrogens (tertiary/aromatic N) is 1. The van der Waals surface area contributed by atoms with Gasteiger partial charge in [-0.3, -0.25) is 0 Å². The van der Waals surface area contributed by atoms with Crippen molar-refractivity contribution in [2.24, 2.45) is 0 Å². The topological polar surface area (TPSA) is 49.4 Å². The van der Waals surface area contributed by atoms with Crippen LogP contribution in [0.1, 0.15) is 19.3 Å². The van der Waals surface area contributed by atoms with Crippen LogP contribution in [0.4, 0.5) is 0 Å². The minimum atomic E-state index is -2.93. The average Bonchev–Trinajstić information content (AvgIpc) is 2.02. The zero-order valence-corrected chi connectivity index (χ0v) is 8.52. The molecule has 0 aliphatic carbocycles. The number of rotatable bonds is 2. The highest BCUT2D eigenvalue weighted by atomic mass is 32.2. The molecule has 2 fully saturated rings. The first-order chi connectivity index (χ1) is 6.21. The van der Waals surface area contributed by atoms with Gasteiger partial charge in [-0.2, -0.15) is 0 Å². The van der Waals surface area contributed by atoms with Crippen molar-refractivity contribution >= 4 is 10.0 Å². The second-order valence-corrected chi connectivity index (χ2v) is 5.96. The van der Waals surface area contributed by atoms with E-state index in [1.54, 1.807) is 4.31 Å². The molecular formula is C8H16N2O2S. The summed E-state index contributed by atoms with van der Waals surface area (Å²) >= 11 is 0. The largest absolute Gasteiger partial charge is 0.317 e. The molecule has 1 N–H and O–H groups in total. The maximum atomic E-state index is 11.9. The Morgan fingerprint density at radius 1 is 1.15 bits per heavy atom. The fraction of sp³-hybridized carbons (Fsp3) is 1.00. The van der Waals surface area contributed by atoms with Crippen LogP contribution in [0, 0.1) is 0 Å². The molecule has 13 heavy (non-hydrogen) atoms. The van der Waals surface area contributed by atoms with Crippen molar-refractivity contribution in [2.45, 2.75) is 24.5 Å². The Labute approximate surface area is 79.4 Å². The van der Waals surface area contributed by atoms with Gasteiger partial charge in [-0.1, -0.05) is 0 Å². The molecule has 2 saturated heterocycles. The van der Waals surface area contributed by atoms with Crippen LogP contribution in [-0.2, 0) is 10.0 Å². The molecule has 0 aromatic heterocycles. The Bertz CT molecular complexity index is 266. The summed E-state index contributed by atoms with van der Waals surface area (Å²) in [4.78, 5) is 0. The van der Waals surface area contributed by atoms with Crippen LogP contribution in [0.15, 0.2) is 0 Å². The fourth-order valence-corrected chi connectivity index (χ4v) is 3.87. The van der Waals surface area contributed by atoms with Gasteiger partial charge in [0.2, 0.25) is 10.0 Å². The Morgan fingerprint density at radius 2 is 1.77 bits per heavy atom. The Hall–Kier alpha value is -0.130. The Balaban J connectivity index is 2.03. The zero-order chi connectivity index (χ0) is 9.31. The van der Waals surface area contributed by atoms with E-state index < -0.39 is 10.0 Å². The highest BCUT2D eigenvalue weighted by molar-refractivity contribution is 7.89. The number of hydrogen-bond donors (Lipinski definition) is 1. The van der Waals surface area contributed by atoms with E-state index in [1.165, 1.54) is 0 Å². The van der Waals surface area contributed by atoms with Crippen molar-refractivity contribution in [3.8, 4) is 0 Å². The molecular weight excluding hydrogens is 188 g/mol. The zero-order valence-electron chi connectivity index (χ0n) is 7.70. The molecule has 0 atom stereocenters. The molecule has 0 aromatic rings. The van der Waals surface area contributed by atoms with Crippen molar-refractivity contribution in [1.29, 1.82) is 0 Å². The van der Waals surface area contributed by atoms with Crippen molar-refractivity contribution in [2.75, 3.05) is 26.2 Å². The van der Waals surface area contributed by atoms with E-state index in [2.05, 4.69) is 5.32 Å². The lowest BCUT2D eigenvalue weighted by Gasteiger charge is -2.34. The molecule has 2 rings (SSSR count). The predicted octanol–water partition coefficient (Wildman–Crippen LogP) is -0.226. The van der Waals surface area contributed by atoms with E-state index in [4.69, 9.17) is 0 Å². The molecule has 76 valence electrons. The molecule has 0 spiro atoms. The van der Waals surface area contributed by atoms with E-state index in [0.717, 1.165) is 45.4 Å². The van der Waals surface area contributed by atoms with Crippen LogP contribution in [0.2, 0.25) is 0 Å². The first-order valence-corrected chi connectivity index (χ1v) is 6.41. The number of sulfonamides is 1. The highest BCUT2D eigenvalue weighted by Gasteiger charge is 2.35. The summed E-state index contributed by atoms with van der Waals surface area (Å²) in [5.74, 6) is 0. The molecule has 2 aliphatic heterocycles. The lowest BCUT2D eigenvalue weighted by atomic mass is 10.2. The summed E-state index contributed by atoms with van der Waals surface area (Å²) in [7, 11) is -2.93. The smallest absolute Gasteiger partial charge is 0.217 e. The second-order valence-electron chi connectivity index (χ2n) is 3.75. The third-order valence-electron chi connectivity index (χ3n) is 2.88. The van der Waals surface area contributed by atoms with Gasteiger partial charge in [0, 0.05) is 13.1 Å². The predicted molar refractivity (Wildman–Crippen MR) is 51.0 cm³/mol. The first kappa shape index (κ1) is 9.43. The average molecular weight is 204 g/mol. The third kappa shape index (κ3) is 1.73. The molecule has 0 aromatic carbocycles. The van der Waals surface area contributed by atoms with Crippen LogP contribution >= 0.6 is 0 Å². The number of piperidine rings is 1. The van der Waals surface area contributed by atoms with Crippen molar-refractivity contribution in [1.82, 2.24) is 9.62 Å². The number of hydrogen-bond acceptors (Lipinski definition) is 3. The molecule has 2 heterocycles. The standard InChI is InChI=1S/C8H16N2O2S/c11-13(12,10-6-1-7-10)8-2-4-9-5-3-8/h8-9H,1-7H2. The molecule has 0 saturated carbocycles. The molecule has 5 heteroatoms. The quantitative estimate of drug-likeness (QED) is 0.676. The normalized spacial score (nSPS) is 27.1. The SMILES string of the molecule is O=S(=O)(C1CCNCC1)N1CCC1. The molecule has 4 nitrogen and oxygen atoms in total. The molecule has 0 amide bonds. The van der Waals surface area contributed by atoms with Crippen LogP contribution in [0.25, 0.3) is 0 Å². The summed E-state index contributed by atoms with van der Waals surface area (Å²) in [6.45, 7) is 3.17. The third-order valence-corrected chi connectivity index (χ3v) is 5.28. The van der Waals surface area contributed by atoms with E-state index in [0.29, 0.717) is 0 Å². The summed E-state index contributed by atoms with van der Waals surface area (Å²) in [6, 6.07) is 0. The summed E-state index contributed by atoms with van der Waals surface area (Å²) in [5, 5.41) is 3.06. The lowest BCUT2D eigenvalue weighted by Crippen LogP contribution is -2.49. The molecule has 2 aliphatic rings. The maximum Gasteiger partial charge on any atom is 0.217 e. The minimum Gasteiger partial charge on any atom is -0.317 e. The minimum absolute atomic E-state index is 0.117. The van der Waals surface area contributed by atoms with Crippen LogP contribution in [-0.4, -0.2) is 44.2 Å². The van der Waals surface area contributed by atoms with Gasteiger partial charge >= 0.3 is 0 Å². The summed E-state index contributed by atoms with van der Waals surface area (Å²) < 4.78 is 25.4. The molecule has 0 bridgehead atoms. The van der Waals surface area contributed by atoms with Gasteiger partial charge in [0.1, 0.15) is 0 Å². The van der Waals surface area contributed by atoms with E-state index in [1.807, 2.05) is 0 Å². The van der Waals surface area contributed by atoms with Crippen molar-refractivity contribution < 1.29 is 8.42 Å². The van der Waals surface area contributed by atoms with Gasteiger partial charge in [0.25, 0.3) is 0 Å². The highest BCUT2D eigenvalue weighted by Crippen LogP contribution is 2.22. The van der Waals surface area contributed by atoms with E-state index in [-0.39, 0.29) is 5.25 Å². The summed E-state index contributed by atoms with van der Waals surface area (Å²) in [5.41, 5.74) is 0. The van der Waals surface area contributed by atoms with Crippen molar-refractivity contribution in [3.05, 3.63) is 0 Å². The van der Waals surface area contributed by atoms with Crippen LogP contribution in [0.3, 0.4) is 0 Å². The Kier molecular flexibility index (Phi) is 2.58. The molecule has 0 radical (unpaired) electrons. The van der Waals surface area contributed by atoms with Gasteiger partial charge in [-0.15, -0.1) is 0 Å². The van der Waals surface area contributed by atoms with Crippen LogP contribution in [0.5, 0.6) is 0 Å². The van der Waals surface area contributed by atoms with Gasteiger partial charge in [-0.25, -0.2) is 12.7 Å². The van der Waals surface area contributed by atoms with E-state index in [9.17, 15) is 8.42 Å². The van der Waals surface area contributed by atoms with Gasteiger partial charge < -0.3 is 5.32 Å².